The number of ether oxygens (including phenoxy) is 1. The van der Waals surface area contributed by atoms with Crippen LogP contribution in [0.4, 0.5) is 0 Å². The Hall–Kier alpha value is -2.26. The van der Waals surface area contributed by atoms with Crippen molar-refractivity contribution in [2.75, 3.05) is 13.7 Å². The normalized spacial score (nSPS) is 17.3. The summed E-state index contributed by atoms with van der Waals surface area (Å²) in [5.41, 5.74) is 7.86. The molecule has 1 unspecified atom stereocenters. The van der Waals surface area contributed by atoms with E-state index in [0.717, 1.165) is 18.7 Å². The van der Waals surface area contributed by atoms with Gasteiger partial charge in [-0.2, -0.15) is 0 Å². The van der Waals surface area contributed by atoms with E-state index in [1.807, 2.05) is 6.07 Å². The summed E-state index contributed by atoms with van der Waals surface area (Å²) >= 11 is 0. The Kier molecular flexibility index (Phi) is 3.38. The maximum absolute atomic E-state index is 5.40. The largest absolute Gasteiger partial charge is 0.497 e. The van der Waals surface area contributed by atoms with E-state index < -0.39 is 0 Å². The van der Waals surface area contributed by atoms with Gasteiger partial charge in [0, 0.05) is 23.1 Å². The van der Waals surface area contributed by atoms with Gasteiger partial charge in [0.15, 0.2) is 0 Å². The van der Waals surface area contributed by atoms with Gasteiger partial charge < -0.3 is 15.0 Å². The van der Waals surface area contributed by atoms with Gasteiger partial charge in [-0.1, -0.05) is 29.3 Å². The summed E-state index contributed by atoms with van der Waals surface area (Å²) in [5.74, 6) is 0.917. The Bertz CT molecular complexity index is 858. The van der Waals surface area contributed by atoms with Gasteiger partial charge in [0.2, 0.25) is 0 Å². The quantitative estimate of drug-likeness (QED) is 0.750. The minimum absolute atomic E-state index is 0.232. The van der Waals surface area contributed by atoms with Gasteiger partial charge >= 0.3 is 0 Å². The summed E-state index contributed by atoms with van der Waals surface area (Å²) in [5, 5.41) is 4.96. The molecule has 0 radical (unpaired) electrons. The lowest BCUT2D eigenvalue weighted by Gasteiger charge is -2.25. The molecule has 1 atom stereocenters. The number of aryl methyl sites for hydroxylation is 2. The molecule has 3 nitrogen and oxygen atoms in total. The number of benzene rings is 2. The molecule has 0 fully saturated rings. The van der Waals surface area contributed by atoms with E-state index in [-0.39, 0.29) is 6.04 Å². The fourth-order valence-electron chi connectivity index (χ4n) is 3.80. The Morgan fingerprint density at radius 3 is 2.57 bits per heavy atom. The van der Waals surface area contributed by atoms with E-state index in [4.69, 9.17) is 4.74 Å². The average Bonchev–Trinajstić information content (AvgIpc) is 2.91. The van der Waals surface area contributed by atoms with Crippen molar-refractivity contribution in [2.45, 2.75) is 26.3 Å². The lowest BCUT2D eigenvalue weighted by atomic mass is 9.92. The maximum atomic E-state index is 5.40. The lowest BCUT2D eigenvalue weighted by molar-refractivity contribution is 0.415. The van der Waals surface area contributed by atoms with Gasteiger partial charge in [0.1, 0.15) is 5.75 Å². The molecule has 2 N–H and O–H groups in total. The predicted octanol–water partition coefficient (Wildman–Crippen LogP) is 4.03. The first kappa shape index (κ1) is 14.3. The molecule has 2 aromatic carbocycles. The molecule has 4 rings (SSSR count). The van der Waals surface area contributed by atoms with Gasteiger partial charge in [-0.3, -0.25) is 0 Å². The van der Waals surface area contributed by atoms with Crippen LogP contribution in [-0.2, 0) is 6.42 Å². The van der Waals surface area contributed by atoms with Crippen molar-refractivity contribution in [3.63, 3.8) is 0 Å². The van der Waals surface area contributed by atoms with Gasteiger partial charge in [-0.05, 0) is 49.6 Å². The first-order valence-corrected chi connectivity index (χ1v) is 8.16. The predicted molar refractivity (Wildman–Crippen MR) is 94.3 cm³/mol. The van der Waals surface area contributed by atoms with E-state index in [9.17, 15) is 0 Å². The van der Waals surface area contributed by atoms with Crippen molar-refractivity contribution < 1.29 is 4.74 Å². The number of aromatic nitrogens is 1. The second-order valence-electron chi connectivity index (χ2n) is 6.49. The molecule has 3 heteroatoms. The summed E-state index contributed by atoms with van der Waals surface area (Å²) in [6, 6.07) is 13.3. The van der Waals surface area contributed by atoms with E-state index >= 15 is 0 Å². The fraction of sp³-hybridized carbons (Fsp3) is 0.300. The zero-order valence-corrected chi connectivity index (χ0v) is 13.9. The molecule has 118 valence electrons. The number of fused-ring (bicyclic) bond motifs is 3. The van der Waals surface area contributed by atoms with Crippen molar-refractivity contribution in [3.05, 3.63) is 64.3 Å². The second kappa shape index (κ2) is 5.43. The van der Waals surface area contributed by atoms with Crippen LogP contribution >= 0.6 is 0 Å². The topological polar surface area (TPSA) is 37.0 Å². The molecular formula is C20H22N2O. The van der Waals surface area contributed by atoms with E-state index in [0.29, 0.717) is 0 Å². The Labute approximate surface area is 136 Å². The van der Waals surface area contributed by atoms with Gasteiger partial charge in [0.25, 0.3) is 0 Å². The number of nitrogens with one attached hydrogen (secondary N) is 2. The standard InChI is InChI=1S/C20H22N2O/c1-12-8-13(2)10-14(9-12)19-20-16(6-7-21-19)17-11-15(23-3)4-5-18(17)22-20/h4-5,8-11,19,21-22H,6-7H2,1-3H3. The zero-order valence-electron chi connectivity index (χ0n) is 13.9. The number of rotatable bonds is 2. The maximum Gasteiger partial charge on any atom is 0.119 e. The molecule has 2 heterocycles. The van der Waals surface area contributed by atoms with Crippen LogP contribution in [0.15, 0.2) is 36.4 Å². The number of methoxy groups -OCH3 is 1. The van der Waals surface area contributed by atoms with Crippen LogP contribution in [-0.4, -0.2) is 18.6 Å². The Morgan fingerprint density at radius 2 is 1.83 bits per heavy atom. The monoisotopic (exact) mass is 306 g/mol. The van der Waals surface area contributed by atoms with Crippen molar-refractivity contribution in [1.82, 2.24) is 10.3 Å². The van der Waals surface area contributed by atoms with E-state index in [1.54, 1.807) is 7.11 Å². The lowest BCUT2D eigenvalue weighted by Crippen LogP contribution is -2.30. The Balaban J connectivity index is 1.88. The molecular weight excluding hydrogens is 284 g/mol. The molecule has 0 spiro atoms. The van der Waals surface area contributed by atoms with Crippen LogP contribution < -0.4 is 10.1 Å². The van der Waals surface area contributed by atoms with Crippen LogP contribution in [0, 0.1) is 13.8 Å². The van der Waals surface area contributed by atoms with Crippen LogP contribution in [0.3, 0.4) is 0 Å². The minimum atomic E-state index is 0.232. The molecule has 1 aliphatic rings. The third-order valence-corrected chi connectivity index (χ3v) is 4.74. The molecule has 23 heavy (non-hydrogen) atoms. The summed E-state index contributed by atoms with van der Waals surface area (Å²) in [6.07, 6.45) is 1.05. The molecule has 1 aliphatic heterocycles. The van der Waals surface area contributed by atoms with Crippen molar-refractivity contribution in [2.24, 2.45) is 0 Å². The van der Waals surface area contributed by atoms with Gasteiger partial charge in [-0.15, -0.1) is 0 Å². The number of H-pyrrole nitrogens is 1. The number of hydrogen-bond donors (Lipinski definition) is 2. The highest BCUT2D eigenvalue weighted by atomic mass is 16.5. The zero-order chi connectivity index (χ0) is 16.0. The second-order valence-corrected chi connectivity index (χ2v) is 6.49. The highest BCUT2D eigenvalue weighted by Gasteiger charge is 2.25. The molecule has 0 amide bonds. The van der Waals surface area contributed by atoms with E-state index in [2.05, 4.69) is 54.5 Å². The molecule has 0 saturated carbocycles. The molecule has 1 aromatic heterocycles. The highest BCUT2D eigenvalue weighted by molar-refractivity contribution is 5.86. The minimum Gasteiger partial charge on any atom is -0.497 e. The fourth-order valence-corrected chi connectivity index (χ4v) is 3.80. The number of aromatic amines is 1. The van der Waals surface area contributed by atoms with E-state index in [1.165, 1.54) is 38.9 Å². The molecule has 0 bridgehead atoms. The third kappa shape index (κ3) is 2.41. The van der Waals surface area contributed by atoms with Crippen LogP contribution in [0.2, 0.25) is 0 Å². The van der Waals surface area contributed by atoms with Crippen LogP contribution in [0.25, 0.3) is 10.9 Å². The third-order valence-electron chi connectivity index (χ3n) is 4.74. The van der Waals surface area contributed by atoms with Crippen molar-refractivity contribution >= 4 is 10.9 Å². The summed E-state index contributed by atoms with van der Waals surface area (Å²) in [6.45, 7) is 5.32. The van der Waals surface area contributed by atoms with Gasteiger partial charge in [-0.25, -0.2) is 0 Å². The SMILES string of the molecule is COc1ccc2[nH]c3c(c2c1)CCNC3c1cc(C)cc(C)c1. The first-order chi connectivity index (χ1) is 11.2. The van der Waals surface area contributed by atoms with Crippen LogP contribution in [0.5, 0.6) is 5.75 Å². The molecule has 3 aromatic rings. The van der Waals surface area contributed by atoms with Gasteiger partial charge in [0.05, 0.1) is 13.2 Å². The highest BCUT2D eigenvalue weighted by Crippen LogP contribution is 2.35. The first-order valence-electron chi connectivity index (χ1n) is 8.16. The Morgan fingerprint density at radius 1 is 1.04 bits per heavy atom. The average molecular weight is 306 g/mol. The summed E-state index contributed by atoms with van der Waals surface area (Å²) < 4.78 is 5.40. The molecule has 0 aliphatic carbocycles. The molecule has 0 saturated heterocycles. The summed E-state index contributed by atoms with van der Waals surface area (Å²) in [7, 11) is 1.72. The summed E-state index contributed by atoms with van der Waals surface area (Å²) in [4.78, 5) is 3.64. The van der Waals surface area contributed by atoms with Crippen molar-refractivity contribution in [3.8, 4) is 5.75 Å². The number of hydrogen-bond acceptors (Lipinski definition) is 2. The van der Waals surface area contributed by atoms with Crippen LogP contribution in [0.1, 0.15) is 34.0 Å². The smallest absolute Gasteiger partial charge is 0.119 e. The van der Waals surface area contributed by atoms with Crippen molar-refractivity contribution in [1.29, 1.82) is 0 Å².